The first-order valence-electron chi connectivity index (χ1n) is 7.17. The Morgan fingerprint density at radius 1 is 1.09 bits per heavy atom. The zero-order valence-electron chi connectivity index (χ0n) is 12.5. The third kappa shape index (κ3) is 2.34. The van der Waals surface area contributed by atoms with Gasteiger partial charge in [-0.25, -0.2) is 8.42 Å². The van der Waals surface area contributed by atoms with Crippen molar-refractivity contribution in [3.8, 4) is 0 Å². The first kappa shape index (κ1) is 15.7. The molecule has 1 aliphatic rings. The predicted octanol–water partition coefficient (Wildman–Crippen LogP) is 1.72. The van der Waals surface area contributed by atoms with E-state index in [-0.39, 0.29) is 4.90 Å². The first-order valence-corrected chi connectivity index (χ1v) is 8.72. The summed E-state index contributed by atoms with van der Waals surface area (Å²) >= 11 is 0. The average molecular weight is 331 g/mol. The van der Waals surface area contributed by atoms with Gasteiger partial charge in [-0.15, -0.1) is 0 Å². The van der Waals surface area contributed by atoms with Gasteiger partial charge in [0.15, 0.2) is 9.84 Å². The summed E-state index contributed by atoms with van der Waals surface area (Å²) in [6.45, 7) is 1.85. The van der Waals surface area contributed by atoms with E-state index in [9.17, 15) is 18.3 Å². The number of hydrogen-bond acceptors (Lipinski definition) is 4. The van der Waals surface area contributed by atoms with Gasteiger partial charge in [-0.2, -0.15) is 0 Å². The van der Waals surface area contributed by atoms with Gasteiger partial charge in [0, 0.05) is 5.92 Å². The van der Waals surface area contributed by atoms with Gasteiger partial charge in [0.1, 0.15) is 10.8 Å². The summed E-state index contributed by atoms with van der Waals surface area (Å²) < 4.78 is 25.7. The topological polar surface area (TPSA) is 97.5 Å². The Morgan fingerprint density at radius 2 is 1.65 bits per heavy atom. The van der Waals surface area contributed by atoms with Crippen molar-refractivity contribution in [3.63, 3.8) is 0 Å². The lowest BCUT2D eigenvalue weighted by molar-refractivity contribution is -0.139. The highest BCUT2D eigenvalue weighted by Crippen LogP contribution is 2.55. The van der Waals surface area contributed by atoms with Crippen LogP contribution in [0.15, 0.2) is 59.5 Å². The molecular weight excluding hydrogens is 314 g/mol. The minimum Gasteiger partial charge on any atom is -0.480 e. The van der Waals surface area contributed by atoms with Crippen LogP contribution in [0.1, 0.15) is 17.0 Å². The zero-order valence-corrected chi connectivity index (χ0v) is 13.3. The van der Waals surface area contributed by atoms with Crippen LogP contribution in [0.3, 0.4) is 0 Å². The predicted molar refractivity (Wildman–Crippen MR) is 85.9 cm³/mol. The van der Waals surface area contributed by atoms with Gasteiger partial charge < -0.3 is 10.8 Å². The van der Waals surface area contributed by atoms with Crippen molar-refractivity contribution in [2.75, 3.05) is 0 Å². The van der Waals surface area contributed by atoms with Gasteiger partial charge in [0.25, 0.3) is 0 Å². The van der Waals surface area contributed by atoms with Gasteiger partial charge >= 0.3 is 5.97 Å². The molecule has 0 heterocycles. The largest absolute Gasteiger partial charge is 0.480 e. The molecule has 0 amide bonds. The number of carbonyl (C=O) groups is 1. The summed E-state index contributed by atoms with van der Waals surface area (Å²) in [7, 11) is -3.84. The van der Waals surface area contributed by atoms with Crippen LogP contribution in [0.2, 0.25) is 0 Å². The molecule has 0 aromatic heterocycles. The Morgan fingerprint density at radius 3 is 2.17 bits per heavy atom. The highest BCUT2D eigenvalue weighted by molar-refractivity contribution is 7.92. The van der Waals surface area contributed by atoms with E-state index in [4.69, 9.17) is 5.73 Å². The fourth-order valence-corrected chi connectivity index (χ4v) is 5.28. The molecule has 0 bridgehead atoms. The molecule has 1 saturated carbocycles. The lowest BCUT2D eigenvalue weighted by Gasteiger charge is -2.07. The first-order chi connectivity index (χ1) is 10.8. The maximum Gasteiger partial charge on any atom is 0.325 e. The fourth-order valence-electron chi connectivity index (χ4n) is 3.05. The van der Waals surface area contributed by atoms with E-state index in [0.717, 1.165) is 5.56 Å². The lowest BCUT2D eigenvalue weighted by Crippen LogP contribution is -2.39. The van der Waals surface area contributed by atoms with E-state index < -0.39 is 32.5 Å². The third-order valence-corrected chi connectivity index (χ3v) is 6.65. The smallest absolute Gasteiger partial charge is 0.325 e. The minimum atomic E-state index is -3.84. The van der Waals surface area contributed by atoms with Crippen LogP contribution in [0.25, 0.3) is 0 Å². The van der Waals surface area contributed by atoms with Crippen molar-refractivity contribution < 1.29 is 18.3 Å². The molecule has 2 aromatic carbocycles. The molecule has 0 spiro atoms. The highest BCUT2D eigenvalue weighted by atomic mass is 32.2. The second kappa shape index (κ2) is 5.18. The third-order valence-electron chi connectivity index (χ3n) is 4.39. The molecule has 6 heteroatoms. The van der Waals surface area contributed by atoms with Crippen molar-refractivity contribution in [2.24, 2.45) is 5.73 Å². The quantitative estimate of drug-likeness (QED) is 0.889. The summed E-state index contributed by atoms with van der Waals surface area (Å²) in [6, 6.07) is 15.0. The van der Waals surface area contributed by atoms with E-state index in [0.29, 0.717) is 5.56 Å². The SMILES string of the molecule is Cc1ccc(S(=O)(=O)[C@@H]2[C@@H](c3ccccc3)[C@]2(N)C(=O)O)cc1. The number of rotatable bonds is 4. The van der Waals surface area contributed by atoms with E-state index in [1.165, 1.54) is 12.1 Å². The van der Waals surface area contributed by atoms with Crippen LogP contribution in [0.5, 0.6) is 0 Å². The number of carboxylic acid groups (broad SMARTS) is 1. The summed E-state index contributed by atoms with van der Waals surface area (Å²) in [5.41, 5.74) is 5.73. The van der Waals surface area contributed by atoms with Crippen molar-refractivity contribution in [2.45, 2.75) is 28.5 Å². The molecule has 23 heavy (non-hydrogen) atoms. The Balaban J connectivity index is 2.07. The Bertz CT molecular complexity index is 846. The normalized spacial score (nSPS) is 26.7. The van der Waals surface area contributed by atoms with E-state index in [2.05, 4.69) is 0 Å². The summed E-state index contributed by atoms with van der Waals surface area (Å²) in [6.07, 6.45) is 0. The fraction of sp³-hybridized carbons (Fsp3) is 0.235. The summed E-state index contributed by atoms with van der Waals surface area (Å²) in [5.74, 6) is -2.06. The second-order valence-corrected chi connectivity index (χ2v) is 7.97. The highest BCUT2D eigenvalue weighted by Gasteiger charge is 2.74. The maximum absolute atomic E-state index is 12.9. The lowest BCUT2D eigenvalue weighted by atomic mass is 10.1. The molecular formula is C17H17NO4S. The minimum absolute atomic E-state index is 0.0996. The number of carboxylic acids is 1. The molecule has 3 rings (SSSR count). The van der Waals surface area contributed by atoms with Crippen molar-refractivity contribution in [1.29, 1.82) is 0 Å². The molecule has 1 fully saturated rings. The number of nitrogens with two attached hydrogens (primary N) is 1. The molecule has 0 radical (unpaired) electrons. The van der Waals surface area contributed by atoms with Crippen LogP contribution < -0.4 is 5.73 Å². The van der Waals surface area contributed by atoms with E-state index in [1.807, 2.05) is 6.92 Å². The van der Waals surface area contributed by atoms with E-state index in [1.54, 1.807) is 42.5 Å². The van der Waals surface area contributed by atoms with Crippen LogP contribution in [0.4, 0.5) is 0 Å². The van der Waals surface area contributed by atoms with Crippen LogP contribution >= 0.6 is 0 Å². The average Bonchev–Trinajstić information content (AvgIpc) is 3.17. The number of benzene rings is 2. The molecule has 120 valence electrons. The molecule has 1 aliphatic carbocycles. The van der Waals surface area contributed by atoms with E-state index >= 15 is 0 Å². The standard InChI is InChI=1S/C17H17NO4S/c1-11-7-9-13(10-8-11)23(21,22)15-14(17(15,18)16(19)20)12-5-3-2-4-6-12/h2-10,14-15H,18H2,1H3,(H,19,20)/t14-,15-,17-/m1/s1. The molecule has 0 unspecified atom stereocenters. The summed E-state index contributed by atoms with van der Waals surface area (Å²) in [4.78, 5) is 11.7. The number of aliphatic carboxylic acids is 1. The molecule has 3 atom stereocenters. The van der Waals surface area contributed by atoms with Gasteiger partial charge in [-0.3, -0.25) is 4.79 Å². The van der Waals surface area contributed by atoms with Gasteiger partial charge in [0.2, 0.25) is 0 Å². The Labute approximate surface area is 134 Å². The Hall–Kier alpha value is -2.18. The van der Waals surface area contributed by atoms with Crippen molar-refractivity contribution >= 4 is 15.8 Å². The summed E-state index contributed by atoms with van der Waals surface area (Å²) in [5, 5.41) is 8.31. The molecule has 2 aromatic rings. The second-order valence-electron chi connectivity index (χ2n) is 5.91. The van der Waals surface area contributed by atoms with Crippen LogP contribution in [-0.2, 0) is 14.6 Å². The maximum atomic E-state index is 12.9. The van der Waals surface area contributed by atoms with Crippen LogP contribution in [0, 0.1) is 6.92 Å². The molecule has 3 N–H and O–H groups in total. The van der Waals surface area contributed by atoms with Gasteiger partial charge in [-0.1, -0.05) is 48.0 Å². The van der Waals surface area contributed by atoms with Crippen LogP contribution in [-0.4, -0.2) is 30.3 Å². The monoisotopic (exact) mass is 331 g/mol. The van der Waals surface area contributed by atoms with Gasteiger partial charge in [-0.05, 0) is 24.6 Å². The Kier molecular flexibility index (Phi) is 3.54. The zero-order chi connectivity index (χ0) is 16.8. The molecule has 0 aliphatic heterocycles. The molecule has 5 nitrogen and oxygen atoms in total. The number of sulfone groups is 1. The number of aryl methyl sites for hydroxylation is 1. The number of hydrogen-bond donors (Lipinski definition) is 2. The molecule has 0 saturated heterocycles. The van der Waals surface area contributed by atoms with Crippen molar-refractivity contribution in [3.05, 3.63) is 65.7 Å². The van der Waals surface area contributed by atoms with Gasteiger partial charge in [0.05, 0.1) is 4.90 Å². The van der Waals surface area contributed by atoms with Crippen molar-refractivity contribution in [1.82, 2.24) is 0 Å².